The summed E-state index contributed by atoms with van der Waals surface area (Å²) in [6.07, 6.45) is 45.9. The van der Waals surface area contributed by atoms with E-state index in [2.05, 4.69) is 45.1 Å². The van der Waals surface area contributed by atoms with Gasteiger partial charge in [-0.3, -0.25) is 9.59 Å². The molecule has 0 rings (SSSR count). The molecule has 294 valence electrons. The van der Waals surface area contributed by atoms with Gasteiger partial charge in [-0.25, -0.2) is 0 Å². The monoisotopic (exact) mass is 705 g/mol. The summed E-state index contributed by atoms with van der Waals surface area (Å²) in [5.74, 6) is -0.411. The van der Waals surface area contributed by atoms with E-state index in [4.69, 9.17) is 14.2 Å². The molecule has 50 heavy (non-hydrogen) atoms. The molecule has 0 saturated carbocycles. The van der Waals surface area contributed by atoms with Crippen LogP contribution in [0.15, 0.2) is 24.3 Å². The fraction of sp³-hybridized carbons (Fsp3) is 0.867. The second-order valence-electron chi connectivity index (χ2n) is 14.6. The standard InChI is InChI=1S/C45H84O5/c1-4-7-10-13-16-19-22-23-25-26-29-32-35-38-44(46)49-42-43(41-48-40-37-34-31-28-21-18-15-12-9-6-3)50-45(47)39-36-33-30-27-24-20-17-14-11-8-5-2/h14,17,19,22,43H,4-13,15-16,18,20-21,23-42H2,1-3H3/b17-14-,22-19-. The van der Waals surface area contributed by atoms with Crippen molar-refractivity contribution >= 4 is 11.9 Å². The summed E-state index contributed by atoms with van der Waals surface area (Å²) >= 11 is 0. The van der Waals surface area contributed by atoms with Crippen LogP contribution >= 0.6 is 0 Å². The lowest BCUT2D eigenvalue weighted by Gasteiger charge is -2.18. The molecule has 0 aromatic heterocycles. The maximum absolute atomic E-state index is 12.7. The molecule has 0 heterocycles. The van der Waals surface area contributed by atoms with E-state index in [-0.39, 0.29) is 25.2 Å². The van der Waals surface area contributed by atoms with Crippen molar-refractivity contribution < 1.29 is 23.8 Å². The topological polar surface area (TPSA) is 61.8 Å². The van der Waals surface area contributed by atoms with Crippen molar-refractivity contribution in [1.82, 2.24) is 0 Å². The van der Waals surface area contributed by atoms with Crippen LogP contribution in [0.4, 0.5) is 0 Å². The quantitative estimate of drug-likeness (QED) is 0.0361. The van der Waals surface area contributed by atoms with Gasteiger partial charge in [-0.15, -0.1) is 0 Å². The molecule has 5 nitrogen and oxygen atoms in total. The molecule has 0 spiro atoms. The SMILES string of the molecule is CCCC/C=C\CCCCCCCC(=O)OC(COCCCCCCCCCCCC)COC(=O)CCCCCCC/C=C\CCCCCC. The first-order valence-corrected chi connectivity index (χ1v) is 21.9. The molecule has 1 atom stereocenters. The Morgan fingerprint density at radius 3 is 1.30 bits per heavy atom. The Bertz CT molecular complexity index is 761. The molecule has 0 aliphatic carbocycles. The van der Waals surface area contributed by atoms with Gasteiger partial charge in [0.05, 0.1) is 6.61 Å². The van der Waals surface area contributed by atoms with Crippen LogP contribution in [-0.4, -0.2) is 37.9 Å². The minimum atomic E-state index is -0.534. The van der Waals surface area contributed by atoms with Crippen LogP contribution < -0.4 is 0 Å². The number of hydrogen-bond acceptors (Lipinski definition) is 5. The van der Waals surface area contributed by atoms with Gasteiger partial charge < -0.3 is 14.2 Å². The molecule has 0 amide bonds. The first-order chi connectivity index (χ1) is 24.6. The van der Waals surface area contributed by atoms with E-state index in [0.29, 0.717) is 19.4 Å². The van der Waals surface area contributed by atoms with E-state index in [1.54, 1.807) is 0 Å². The zero-order chi connectivity index (χ0) is 36.4. The summed E-state index contributed by atoms with van der Waals surface area (Å²) in [6, 6.07) is 0. The second kappa shape index (κ2) is 41.8. The molecule has 0 aliphatic heterocycles. The number of rotatable bonds is 40. The van der Waals surface area contributed by atoms with Gasteiger partial charge in [0.2, 0.25) is 0 Å². The first-order valence-electron chi connectivity index (χ1n) is 21.9. The lowest BCUT2D eigenvalue weighted by atomic mass is 10.1. The van der Waals surface area contributed by atoms with E-state index in [1.807, 2.05) is 0 Å². The Kier molecular flexibility index (Phi) is 40.4. The Morgan fingerprint density at radius 1 is 0.420 bits per heavy atom. The van der Waals surface area contributed by atoms with E-state index >= 15 is 0 Å². The minimum Gasteiger partial charge on any atom is -0.462 e. The fourth-order valence-electron chi connectivity index (χ4n) is 6.13. The number of carbonyl (C=O) groups is 2. The summed E-state index contributed by atoms with van der Waals surface area (Å²) in [7, 11) is 0. The molecule has 0 N–H and O–H groups in total. The van der Waals surface area contributed by atoms with Crippen LogP contribution in [0, 0.1) is 0 Å². The third kappa shape index (κ3) is 39.2. The third-order valence-corrected chi connectivity index (χ3v) is 9.46. The summed E-state index contributed by atoms with van der Waals surface area (Å²) in [5.41, 5.74) is 0. The van der Waals surface area contributed by atoms with Crippen LogP contribution in [0.1, 0.15) is 226 Å². The summed E-state index contributed by atoms with van der Waals surface area (Å²) in [5, 5.41) is 0. The Balaban J connectivity index is 4.24. The molecular weight excluding hydrogens is 620 g/mol. The molecule has 0 fully saturated rings. The molecule has 0 radical (unpaired) electrons. The van der Waals surface area contributed by atoms with Crippen LogP contribution in [0.25, 0.3) is 0 Å². The van der Waals surface area contributed by atoms with E-state index in [1.165, 1.54) is 135 Å². The number of carbonyl (C=O) groups excluding carboxylic acids is 2. The average molecular weight is 705 g/mol. The number of unbranched alkanes of at least 4 members (excludes halogenated alkanes) is 25. The van der Waals surface area contributed by atoms with Gasteiger partial charge in [0.1, 0.15) is 6.61 Å². The van der Waals surface area contributed by atoms with Gasteiger partial charge in [-0.1, -0.05) is 173 Å². The maximum Gasteiger partial charge on any atom is 0.306 e. The van der Waals surface area contributed by atoms with Crippen molar-refractivity contribution in [2.45, 2.75) is 232 Å². The fourth-order valence-corrected chi connectivity index (χ4v) is 6.13. The van der Waals surface area contributed by atoms with Gasteiger partial charge in [0, 0.05) is 19.4 Å². The normalized spacial score (nSPS) is 12.3. The number of esters is 2. The largest absolute Gasteiger partial charge is 0.462 e. The van der Waals surface area contributed by atoms with Crippen molar-refractivity contribution in [3.05, 3.63) is 24.3 Å². The van der Waals surface area contributed by atoms with Crippen molar-refractivity contribution in [1.29, 1.82) is 0 Å². The summed E-state index contributed by atoms with van der Waals surface area (Å²) < 4.78 is 17.2. The highest BCUT2D eigenvalue weighted by molar-refractivity contribution is 5.70. The molecule has 0 aromatic rings. The number of ether oxygens (including phenoxy) is 3. The minimum absolute atomic E-state index is 0.0825. The summed E-state index contributed by atoms with van der Waals surface area (Å²) in [6.45, 7) is 7.77. The van der Waals surface area contributed by atoms with E-state index in [0.717, 1.165) is 57.8 Å². The highest BCUT2D eigenvalue weighted by atomic mass is 16.6. The highest BCUT2D eigenvalue weighted by Crippen LogP contribution is 2.13. The molecule has 1 unspecified atom stereocenters. The third-order valence-electron chi connectivity index (χ3n) is 9.46. The molecule has 5 heteroatoms. The van der Waals surface area contributed by atoms with Crippen LogP contribution in [0.5, 0.6) is 0 Å². The van der Waals surface area contributed by atoms with Crippen LogP contribution in [0.3, 0.4) is 0 Å². The number of hydrogen-bond donors (Lipinski definition) is 0. The Morgan fingerprint density at radius 2 is 0.800 bits per heavy atom. The predicted molar refractivity (Wildman–Crippen MR) is 215 cm³/mol. The molecule has 0 bridgehead atoms. The predicted octanol–water partition coefficient (Wildman–Crippen LogP) is 14.1. The highest BCUT2D eigenvalue weighted by Gasteiger charge is 2.17. The average Bonchev–Trinajstić information content (AvgIpc) is 3.11. The van der Waals surface area contributed by atoms with Gasteiger partial charge >= 0.3 is 11.9 Å². The lowest BCUT2D eigenvalue weighted by Crippen LogP contribution is -2.30. The van der Waals surface area contributed by atoms with Crippen LogP contribution in [0.2, 0.25) is 0 Å². The Hall–Kier alpha value is -1.62. The van der Waals surface area contributed by atoms with Crippen molar-refractivity contribution in [2.75, 3.05) is 19.8 Å². The first kappa shape index (κ1) is 48.4. The summed E-state index contributed by atoms with van der Waals surface area (Å²) in [4.78, 5) is 25.1. The molecule has 0 aromatic carbocycles. The van der Waals surface area contributed by atoms with Gasteiger partial charge in [0.15, 0.2) is 6.10 Å². The van der Waals surface area contributed by atoms with E-state index < -0.39 is 6.10 Å². The van der Waals surface area contributed by atoms with Crippen molar-refractivity contribution in [2.24, 2.45) is 0 Å². The van der Waals surface area contributed by atoms with Crippen molar-refractivity contribution in [3.8, 4) is 0 Å². The van der Waals surface area contributed by atoms with Crippen molar-refractivity contribution in [3.63, 3.8) is 0 Å². The Labute approximate surface area is 311 Å². The van der Waals surface area contributed by atoms with Gasteiger partial charge in [-0.05, 0) is 64.2 Å². The zero-order valence-electron chi connectivity index (χ0n) is 33.7. The number of allylic oxidation sites excluding steroid dienone is 4. The molecule has 0 saturated heterocycles. The molecular formula is C45H84O5. The van der Waals surface area contributed by atoms with Gasteiger partial charge in [0.25, 0.3) is 0 Å². The second-order valence-corrected chi connectivity index (χ2v) is 14.6. The zero-order valence-corrected chi connectivity index (χ0v) is 33.7. The smallest absolute Gasteiger partial charge is 0.306 e. The van der Waals surface area contributed by atoms with Crippen LogP contribution in [-0.2, 0) is 23.8 Å². The van der Waals surface area contributed by atoms with Gasteiger partial charge in [-0.2, -0.15) is 0 Å². The maximum atomic E-state index is 12.7. The molecule has 0 aliphatic rings. The lowest BCUT2D eigenvalue weighted by molar-refractivity contribution is -0.163. The van der Waals surface area contributed by atoms with E-state index in [9.17, 15) is 9.59 Å².